The monoisotopic (exact) mass is 2170 g/mol. The minimum atomic E-state index is -0.783. The molecule has 16 rings (SSSR count). The van der Waals surface area contributed by atoms with Gasteiger partial charge in [-0.3, -0.25) is 23.7 Å². The van der Waals surface area contributed by atoms with Gasteiger partial charge < -0.3 is 34.8 Å². The number of fused-ring (bicyclic) bond motifs is 6. The largest absolute Gasteiger partial charge is 1.00 e. The summed E-state index contributed by atoms with van der Waals surface area (Å²) in [5.41, 5.74) is 9.22. The van der Waals surface area contributed by atoms with Crippen LogP contribution in [0.5, 0.6) is 0 Å². The van der Waals surface area contributed by atoms with E-state index in [0.29, 0.717) is 0 Å². The van der Waals surface area contributed by atoms with E-state index in [-0.39, 0.29) is 89.5 Å². The maximum Gasteiger partial charge on any atom is 1.00 e. The third kappa shape index (κ3) is 20.2. The van der Waals surface area contributed by atoms with Gasteiger partial charge in [0.05, 0.1) is 74.1 Å². The maximum atomic E-state index is 7.40. The van der Waals surface area contributed by atoms with Crippen LogP contribution in [0, 0.1) is 49.4 Å². The van der Waals surface area contributed by atoms with Crippen molar-refractivity contribution >= 4 is 118 Å². The van der Waals surface area contributed by atoms with E-state index in [1.807, 2.05) is 109 Å². The normalized spacial score (nSPS) is 10.4. The SMILES string of the molecule is [Au+].[Au+].[Au+].[Au+].[C-]#Cc1ccc2c3ccc(C#[C-])cc3n(-c3ccccc3)c2c1.[C-]#Cc1ccc2c3ccc(C#[C-])cc3n(-c3ccccc3)c2c1.c1ccc([PH+](CC[PH+](c2ccccc2)c2ccccc2)c2ccccc2)cc1.c1ccc([PH+](CC[PH+](c2ccccc2)c2ccccc2)c2ccccc2)cc1. The van der Waals surface area contributed by atoms with E-state index in [1.54, 1.807) is 0 Å². The number of nitrogens with zero attached hydrogens (tertiary/aromatic N) is 2. The predicted octanol–water partition coefficient (Wildman–Crippen LogP) is 18.7. The molecule has 0 saturated heterocycles. The molecule has 0 amide bonds. The Kier molecular flexibility index (Phi) is 32.1. The van der Waals surface area contributed by atoms with Gasteiger partial charge in [0.1, 0.15) is 24.6 Å². The summed E-state index contributed by atoms with van der Waals surface area (Å²) in [5.74, 6) is 9.84. The van der Waals surface area contributed by atoms with Crippen LogP contribution in [0.3, 0.4) is 0 Å². The molecule has 2 aromatic heterocycles. The van der Waals surface area contributed by atoms with Crippen molar-refractivity contribution in [3.63, 3.8) is 0 Å². The second-order valence-corrected chi connectivity index (χ2v) is 35.1. The van der Waals surface area contributed by atoms with Crippen LogP contribution in [-0.2, 0) is 89.5 Å². The first kappa shape index (κ1) is 81.7. The molecular formula is C96H74Au4N2P4+4. The summed E-state index contributed by atoms with van der Waals surface area (Å²) in [6, 6.07) is 133. The molecule has 0 fully saturated rings. The molecule has 2 nitrogen and oxygen atoms in total. The van der Waals surface area contributed by atoms with Gasteiger partial charge in [-0.2, -0.15) is 0 Å². The maximum absolute atomic E-state index is 7.40. The molecule has 0 bridgehead atoms. The molecule has 2 heterocycles. The molecule has 528 valence electrons. The predicted molar refractivity (Wildman–Crippen MR) is 448 cm³/mol. The van der Waals surface area contributed by atoms with Crippen molar-refractivity contribution in [3.8, 4) is 35.1 Å². The standard InChI is InChI=1S/2C26H24P2.2C22H11N.4Au/c2*1-5-13-23(14-6-1)27(24-15-7-2-8-16-24)21-22-28(25-17-9-3-10-18-25)26-19-11-4-12-20-26;2*1-3-16-10-12-19-20-13-11-17(4-2)15-22(20)23(21(19)14-16)18-8-6-5-7-9-18;;;;/h2*1-20H,21-22H2;2*5-15H;;;;/q;;2*-2;4*+1/p+4. The van der Waals surface area contributed by atoms with E-state index in [1.165, 1.54) is 67.1 Å². The molecule has 0 atom stereocenters. The van der Waals surface area contributed by atoms with Gasteiger partial charge in [0.15, 0.2) is 0 Å². The summed E-state index contributed by atoms with van der Waals surface area (Å²) >= 11 is 0. The molecule has 0 aliphatic carbocycles. The average Bonchev–Trinajstić information content (AvgIpc) is 1.60. The van der Waals surface area contributed by atoms with E-state index in [2.05, 4.69) is 300 Å². The van der Waals surface area contributed by atoms with Crippen LogP contribution >= 0.6 is 31.7 Å². The molecule has 10 heteroatoms. The Bertz CT molecular complexity index is 4760. The zero-order valence-electron chi connectivity index (χ0n) is 57.7. The van der Waals surface area contributed by atoms with Crippen LogP contribution in [0.15, 0.2) is 376 Å². The summed E-state index contributed by atoms with van der Waals surface area (Å²) in [6.45, 7) is 0. The number of hydrogen-bond acceptors (Lipinski definition) is 0. The van der Waals surface area contributed by atoms with Crippen molar-refractivity contribution in [2.45, 2.75) is 0 Å². The van der Waals surface area contributed by atoms with E-state index >= 15 is 0 Å². The van der Waals surface area contributed by atoms with Gasteiger partial charge in [-0.25, -0.2) is 0 Å². The van der Waals surface area contributed by atoms with Crippen LogP contribution in [0.1, 0.15) is 22.3 Å². The molecule has 16 aromatic rings. The van der Waals surface area contributed by atoms with E-state index < -0.39 is 31.7 Å². The van der Waals surface area contributed by atoms with Crippen molar-refractivity contribution in [2.75, 3.05) is 24.6 Å². The third-order valence-electron chi connectivity index (χ3n) is 18.4. The molecule has 0 N–H and O–H groups in total. The third-order valence-corrected chi connectivity index (χ3v) is 30.6. The fraction of sp³-hybridized carbons (Fsp3) is 0.0417. The molecule has 0 aliphatic rings. The molecule has 0 spiro atoms. The first-order chi connectivity index (χ1) is 50.5. The van der Waals surface area contributed by atoms with Crippen molar-refractivity contribution in [2.24, 2.45) is 0 Å². The summed E-state index contributed by atoms with van der Waals surface area (Å²) in [4.78, 5) is 0. The van der Waals surface area contributed by atoms with Gasteiger partial charge in [0.25, 0.3) is 0 Å². The van der Waals surface area contributed by atoms with Gasteiger partial charge in [0.2, 0.25) is 0 Å². The van der Waals surface area contributed by atoms with Gasteiger partial charge in [-0.1, -0.05) is 206 Å². The Morgan fingerprint density at radius 3 is 0.500 bits per heavy atom. The molecule has 0 aliphatic heterocycles. The Balaban J connectivity index is 0.000000162. The van der Waals surface area contributed by atoms with Crippen molar-refractivity contribution in [3.05, 3.63) is 424 Å². The van der Waals surface area contributed by atoms with Crippen LogP contribution in [0.4, 0.5) is 0 Å². The number of hydrogen-bond donors (Lipinski definition) is 0. The van der Waals surface area contributed by atoms with Crippen molar-refractivity contribution in [1.29, 1.82) is 0 Å². The zero-order chi connectivity index (χ0) is 69.7. The van der Waals surface area contributed by atoms with Gasteiger partial charge >= 0.3 is 89.5 Å². The van der Waals surface area contributed by atoms with E-state index in [4.69, 9.17) is 25.7 Å². The van der Waals surface area contributed by atoms with Crippen molar-refractivity contribution < 1.29 is 89.5 Å². The number of benzene rings is 14. The van der Waals surface area contributed by atoms with Crippen molar-refractivity contribution in [1.82, 2.24) is 9.13 Å². The Labute approximate surface area is 693 Å². The number of aromatic nitrogens is 2. The van der Waals surface area contributed by atoms with Crippen LogP contribution < -0.4 is 42.4 Å². The molecule has 0 saturated carbocycles. The topological polar surface area (TPSA) is 9.86 Å². The smallest absolute Gasteiger partial charge is 0.366 e. The summed E-state index contributed by atoms with van der Waals surface area (Å²) in [5, 5.41) is 16.6. The zero-order valence-corrected chi connectivity index (χ0v) is 70.4. The molecule has 14 aromatic carbocycles. The fourth-order valence-electron chi connectivity index (χ4n) is 13.5. The van der Waals surface area contributed by atoms with E-state index in [0.717, 1.165) is 77.2 Å². The summed E-state index contributed by atoms with van der Waals surface area (Å²) in [7, 11) is -3.13. The summed E-state index contributed by atoms with van der Waals surface area (Å²) in [6.07, 6.45) is 34.6. The minimum Gasteiger partial charge on any atom is -0.366 e. The molecule has 0 radical (unpaired) electrons. The first-order valence-corrected chi connectivity index (χ1v) is 41.1. The molecule has 0 unspecified atom stereocenters. The van der Waals surface area contributed by atoms with Crippen LogP contribution in [-0.4, -0.2) is 33.8 Å². The Morgan fingerprint density at radius 2 is 0.349 bits per heavy atom. The van der Waals surface area contributed by atoms with E-state index in [9.17, 15) is 0 Å². The van der Waals surface area contributed by atoms with Gasteiger partial charge in [-0.05, 0) is 121 Å². The Hall–Kier alpha value is -8.40. The Morgan fingerprint density at radius 1 is 0.198 bits per heavy atom. The fourth-order valence-corrected chi connectivity index (χ4v) is 25.9. The second-order valence-electron chi connectivity index (χ2n) is 24.6. The van der Waals surface area contributed by atoms with Gasteiger partial charge in [0, 0.05) is 55.0 Å². The van der Waals surface area contributed by atoms with Gasteiger partial charge in [-0.15, -0.1) is 70.8 Å². The number of rotatable bonds is 16. The quantitative estimate of drug-likeness (QED) is 0.0395. The summed E-state index contributed by atoms with van der Waals surface area (Å²) < 4.78 is 4.32. The number of para-hydroxylation sites is 2. The second kappa shape index (κ2) is 41.6. The molecular weight excluding hydrogens is 2090 g/mol. The average molecular weight is 2170 g/mol. The van der Waals surface area contributed by atoms with Crippen LogP contribution in [0.25, 0.3) is 55.0 Å². The molecule has 106 heavy (non-hydrogen) atoms. The van der Waals surface area contributed by atoms with Crippen LogP contribution in [0.2, 0.25) is 0 Å². The first-order valence-electron chi connectivity index (χ1n) is 34.3. The minimum absolute atomic E-state index is 0.